The van der Waals surface area contributed by atoms with Gasteiger partial charge in [-0.1, -0.05) is 23.2 Å². The van der Waals surface area contributed by atoms with E-state index in [2.05, 4.69) is 0 Å². The van der Waals surface area contributed by atoms with Crippen LogP contribution in [0.15, 0.2) is 41.2 Å². The highest BCUT2D eigenvalue weighted by Crippen LogP contribution is 2.27. The molecule has 0 bridgehead atoms. The topological polar surface area (TPSA) is 17.1 Å². The Labute approximate surface area is 111 Å². The van der Waals surface area contributed by atoms with Gasteiger partial charge in [0.2, 0.25) is 0 Å². The van der Waals surface area contributed by atoms with E-state index in [1.807, 2.05) is 12.1 Å². The Bertz CT molecular complexity index is 729. The van der Waals surface area contributed by atoms with Gasteiger partial charge in [-0.25, -0.2) is 0 Å². The quantitative estimate of drug-likeness (QED) is 0.545. The van der Waals surface area contributed by atoms with Gasteiger partial charge in [0, 0.05) is 30.2 Å². The van der Waals surface area contributed by atoms with Crippen LogP contribution in [0.2, 0.25) is 10.0 Å². The van der Waals surface area contributed by atoms with E-state index >= 15 is 0 Å². The van der Waals surface area contributed by atoms with Gasteiger partial charge in [0.1, 0.15) is 0 Å². The first kappa shape index (κ1) is 11.0. The van der Waals surface area contributed by atoms with Crippen LogP contribution in [0.25, 0.3) is 20.2 Å². The lowest BCUT2D eigenvalue weighted by Gasteiger charge is -2.01. The van der Waals surface area contributed by atoms with Crippen LogP contribution in [0, 0.1) is 0 Å². The average molecular weight is 281 g/mol. The molecule has 0 aliphatic rings. The van der Waals surface area contributed by atoms with Crippen LogP contribution >= 0.6 is 34.5 Å². The highest BCUT2D eigenvalue weighted by atomic mass is 35.5. The number of halogens is 2. The standard InChI is InChI=1S/C13H6Cl2OS/c14-7-1-3-11-9(5-7)13(16)10-6-8(15)2-4-12(10)17-11/h1-6H. The zero-order valence-corrected chi connectivity index (χ0v) is 10.9. The Morgan fingerprint density at radius 1 is 0.824 bits per heavy atom. The molecule has 17 heavy (non-hydrogen) atoms. The van der Waals surface area contributed by atoms with Crippen molar-refractivity contribution in [3.63, 3.8) is 0 Å². The lowest BCUT2D eigenvalue weighted by Crippen LogP contribution is -2.00. The molecular weight excluding hydrogens is 275 g/mol. The Hall–Kier alpha value is -1.09. The predicted molar refractivity (Wildman–Crippen MR) is 75.6 cm³/mol. The van der Waals surface area contributed by atoms with Gasteiger partial charge in [0.05, 0.1) is 0 Å². The summed E-state index contributed by atoms with van der Waals surface area (Å²) in [6.45, 7) is 0. The highest BCUT2D eigenvalue weighted by Gasteiger charge is 2.06. The lowest BCUT2D eigenvalue weighted by molar-refractivity contribution is 1.74. The molecule has 1 nitrogen and oxygen atoms in total. The molecule has 0 N–H and O–H groups in total. The Morgan fingerprint density at radius 2 is 1.29 bits per heavy atom. The zero-order chi connectivity index (χ0) is 12.0. The van der Waals surface area contributed by atoms with Crippen LogP contribution in [0.1, 0.15) is 0 Å². The Balaban J connectivity index is 2.58. The van der Waals surface area contributed by atoms with Crippen LogP contribution in [0.4, 0.5) is 0 Å². The van der Waals surface area contributed by atoms with E-state index in [1.54, 1.807) is 35.6 Å². The summed E-state index contributed by atoms with van der Waals surface area (Å²) in [5, 5.41) is 2.45. The summed E-state index contributed by atoms with van der Waals surface area (Å²) in [5.41, 5.74) is -0.0150. The fourth-order valence-corrected chi connectivity index (χ4v) is 3.18. The van der Waals surface area contributed by atoms with E-state index in [-0.39, 0.29) is 5.43 Å². The van der Waals surface area contributed by atoms with Gasteiger partial charge < -0.3 is 0 Å². The van der Waals surface area contributed by atoms with Gasteiger partial charge in [0.15, 0.2) is 5.43 Å². The summed E-state index contributed by atoms with van der Waals surface area (Å²) >= 11 is 13.4. The minimum atomic E-state index is -0.0150. The summed E-state index contributed by atoms with van der Waals surface area (Å²) in [5.74, 6) is 0. The molecule has 1 aromatic heterocycles. The number of fused-ring (bicyclic) bond motifs is 2. The molecule has 0 saturated carbocycles. The van der Waals surface area contributed by atoms with E-state index in [1.165, 1.54) is 0 Å². The van der Waals surface area contributed by atoms with Crippen molar-refractivity contribution in [1.29, 1.82) is 0 Å². The van der Waals surface area contributed by atoms with Crippen molar-refractivity contribution in [3.05, 3.63) is 56.7 Å². The molecule has 0 radical (unpaired) electrons. The van der Waals surface area contributed by atoms with E-state index in [9.17, 15) is 4.79 Å². The predicted octanol–water partition coefficient (Wildman–Crippen LogP) is 4.72. The maximum Gasteiger partial charge on any atom is 0.195 e. The van der Waals surface area contributed by atoms with E-state index < -0.39 is 0 Å². The summed E-state index contributed by atoms with van der Waals surface area (Å²) in [4.78, 5) is 12.3. The smallest absolute Gasteiger partial charge is 0.195 e. The highest BCUT2D eigenvalue weighted by molar-refractivity contribution is 7.24. The second-order valence-corrected chi connectivity index (χ2v) is 5.67. The van der Waals surface area contributed by atoms with Gasteiger partial charge >= 0.3 is 0 Å². The fourth-order valence-electron chi connectivity index (χ4n) is 1.80. The summed E-state index contributed by atoms with van der Waals surface area (Å²) < 4.78 is 1.88. The molecule has 0 aliphatic heterocycles. The van der Waals surface area contributed by atoms with E-state index in [0.29, 0.717) is 20.8 Å². The van der Waals surface area contributed by atoms with Crippen molar-refractivity contribution < 1.29 is 0 Å². The molecule has 4 heteroatoms. The van der Waals surface area contributed by atoms with Crippen LogP contribution < -0.4 is 5.43 Å². The second-order valence-electron chi connectivity index (χ2n) is 3.71. The SMILES string of the molecule is O=c1c2cc(Cl)ccc2sc2ccc(Cl)cc12. The molecular formula is C13H6Cl2OS. The first-order valence-electron chi connectivity index (χ1n) is 4.97. The third-order valence-electron chi connectivity index (χ3n) is 2.59. The number of hydrogen-bond acceptors (Lipinski definition) is 2. The minimum absolute atomic E-state index is 0.0150. The van der Waals surface area contributed by atoms with Gasteiger partial charge in [0.25, 0.3) is 0 Å². The fraction of sp³-hybridized carbons (Fsp3) is 0. The van der Waals surface area contributed by atoms with Crippen LogP contribution in [0.5, 0.6) is 0 Å². The molecule has 0 saturated heterocycles. The van der Waals surface area contributed by atoms with Crippen molar-refractivity contribution in [2.24, 2.45) is 0 Å². The molecule has 0 fully saturated rings. The van der Waals surface area contributed by atoms with Crippen LogP contribution in [-0.4, -0.2) is 0 Å². The monoisotopic (exact) mass is 280 g/mol. The molecule has 3 aromatic rings. The van der Waals surface area contributed by atoms with E-state index in [4.69, 9.17) is 23.2 Å². The third kappa shape index (κ3) is 1.82. The molecule has 0 atom stereocenters. The molecule has 0 spiro atoms. The normalized spacial score (nSPS) is 11.2. The largest absolute Gasteiger partial charge is 0.289 e. The van der Waals surface area contributed by atoms with Gasteiger partial charge in [-0.15, -0.1) is 11.3 Å². The van der Waals surface area contributed by atoms with Crippen LogP contribution in [-0.2, 0) is 0 Å². The van der Waals surface area contributed by atoms with E-state index in [0.717, 1.165) is 9.40 Å². The van der Waals surface area contributed by atoms with Crippen molar-refractivity contribution in [2.75, 3.05) is 0 Å². The van der Waals surface area contributed by atoms with Crippen molar-refractivity contribution in [1.82, 2.24) is 0 Å². The maximum atomic E-state index is 12.3. The Morgan fingerprint density at radius 3 is 1.76 bits per heavy atom. The third-order valence-corrected chi connectivity index (χ3v) is 4.21. The Kier molecular flexibility index (Phi) is 2.58. The molecule has 3 rings (SSSR count). The number of benzene rings is 2. The van der Waals surface area contributed by atoms with Crippen LogP contribution in [0.3, 0.4) is 0 Å². The van der Waals surface area contributed by atoms with Gasteiger partial charge in [-0.2, -0.15) is 0 Å². The van der Waals surface area contributed by atoms with Gasteiger partial charge in [-0.3, -0.25) is 4.79 Å². The summed E-state index contributed by atoms with van der Waals surface area (Å²) in [7, 11) is 0. The first-order chi connectivity index (χ1) is 8.15. The second kappa shape index (κ2) is 3.98. The molecule has 84 valence electrons. The molecule has 0 aliphatic carbocycles. The average Bonchev–Trinajstić information content (AvgIpc) is 2.32. The molecule has 0 amide bonds. The summed E-state index contributed by atoms with van der Waals surface area (Å²) in [6, 6.07) is 10.7. The molecule has 2 aromatic carbocycles. The molecule has 0 unspecified atom stereocenters. The molecule has 1 heterocycles. The lowest BCUT2D eigenvalue weighted by atomic mass is 10.2. The van der Waals surface area contributed by atoms with Crippen molar-refractivity contribution >= 4 is 54.7 Å². The first-order valence-corrected chi connectivity index (χ1v) is 6.54. The number of hydrogen-bond donors (Lipinski definition) is 0. The summed E-state index contributed by atoms with van der Waals surface area (Å²) in [6.07, 6.45) is 0. The minimum Gasteiger partial charge on any atom is -0.289 e. The number of rotatable bonds is 0. The maximum absolute atomic E-state index is 12.3. The van der Waals surface area contributed by atoms with Crippen molar-refractivity contribution in [2.45, 2.75) is 0 Å². The van der Waals surface area contributed by atoms with Gasteiger partial charge in [-0.05, 0) is 36.4 Å². The zero-order valence-electron chi connectivity index (χ0n) is 8.54. The van der Waals surface area contributed by atoms with Crippen molar-refractivity contribution in [3.8, 4) is 0 Å².